The lowest BCUT2D eigenvalue weighted by Gasteiger charge is -2.32. The highest BCUT2D eigenvalue weighted by Crippen LogP contribution is 2.29. The fourth-order valence-corrected chi connectivity index (χ4v) is 4.98. The minimum Gasteiger partial charge on any atom is -0.497 e. The van der Waals surface area contributed by atoms with E-state index in [4.69, 9.17) is 4.74 Å². The van der Waals surface area contributed by atoms with E-state index in [-0.39, 0.29) is 5.91 Å². The van der Waals surface area contributed by atoms with Gasteiger partial charge in [0, 0.05) is 39.5 Å². The predicted molar refractivity (Wildman–Crippen MR) is 128 cm³/mol. The lowest BCUT2D eigenvalue weighted by molar-refractivity contribution is -0.917. The average Bonchev–Trinajstić information content (AvgIpc) is 3.17. The average molecular weight is 429 g/mol. The van der Waals surface area contributed by atoms with Gasteiger partial charge in [0.05, 0.1) is 33.3 Å². The summed E-state index contributed by atoms with van der Waals surface area (Å²) in [6.45, 7) is 7.65. The molecule has 0 aliphatic carbocycles. The predicted octanol–water partition coefficient (Wildman–Crippen LogP) is 3.36. The van der Waals surface area contributed by atoms with Crippen molar-refractivity contribution < 1.29 is 14.4 Å². The molecule has 5 heteroatoms. The molecule has 32 heavy (non-hydrogen) atoms. The van der Waals surface area contributed by atoms with Crippen molar-refractivity contribution in [3.63, 3.8) is 0 Å². The van der Waals surface area contributed by atoms with Crippen molar-refractivity contribution in [2.75, 3.05) is 33.3 Å². The number of rotatable bonds is 5. The van der Waals surface area contributed by atoms with E-state index in [2.05, 4.69) is 54.0 Å². The lowest BCUT2D eigenvalue weighted by Crippen LogP contribution is -3.13. The first kappa shape index (κ1) is 20.6. The number of aromatic nitrogens is 1. The molecule has 1 fully saturated rings. The molecular weight excluding hydrogens is 398 g/mol. The number of piperazine rings is 1. The van der Waals surface area contributed by atoms with Crippen LogP contribution in [0.5, 0.6) is 5.75 Å². The van der Waals surface area contributed by atoms with Crippen LogP contribution in [-0.4, -0.2) is 48.7 Å². The van der Waals surface area contributed by atoms with Gasteiger partial charge < -0.3 is 19.1 Å². The van der Waals surface area contributed by atoms with Crippen molar-refractivity contribution >= 4 is 27.7 Å². The second kappa shape index (κ2) is 8.67. The second-order valence-corrected chi connectivity index (χ2v) is 8.56. The Hall–Kier alpha value is -3.31. The first-order valence-corrected chi connectivity index (χ1v) is 11.4. The van der Waals surface area contributed by atoms with Crippen LogP contribution < -0.4 is 9.64 Å². The normalized spacial score (nSPS) is 14.9. The first-order chi connectivity index (χ1) is 15.7. The maximum Gasteiger partial charge on any atom is 0.254 e. The molecule has 1 saturated heterocycles. The number of para-hydroxylation sites is 1. The summed E-state index contributed by atoms with van der Waals surface area (Å²) < 4.78 is 7.66. The molecule has 164 valence electrons. The fraction of sp³-hybridized carbons (Fsp3) is 0.296. The number of ether oxygens (including phenoxy) is 1. The Morgan fingerprint density at radius 2 is 1.72 bits per heavy atom. The van der Waals surface area contributed by atoms with Crippen LogP contribution in [0.1, 0.15) is 22.8 Å². The Kier molecular flexibility index (Phi) is 5.58. The van der Waals surface area contributed by atoms with Crippen molar-refractivity contribution in [3.05, 3.63) is 77.9 Å². The molecule has 0 bridgehead atoms. The molecule has 1 amide bonds. The zero-order valence-electron chi connectivity index (χ0n) is 18.8. The minimum atomic E-state index is 0.0942. The van der Waals surface area contributed by atoms with Crippen molar-refractivity contribution in [1.82, 2.24) is 9.47 Å². The number of carbonyl (C=O) groups excluding carboxylic acids is 1. The van der Waals surface area contributed by atoms with Crippen molar-refractivity contribution in [1.29, 1.82) is 0 Å². The smallest absolute Gasteiger partial charge is 0.254 e. The standard InChI is InChI=1S/C27H29N3O2/c1-3-30-25-10-5-4-9-23(25)24-17-20(11-12-26(24)30)19-28-13-15-29(16-14-28)27(31)21-7-6-8-22(18-21)32-2/h4-12,17-18H,3,13-16,19H2,1-2H3/p+1. The molecule has 1 N–H and O–H groups in total. The summed E-state index contributed by atoms with van der Waals surface area (Å²) >= 11 is 0. The van der Waals surface area contributed by atoms with Gasteiger partial charge in [-0.2, -0.15) is 0 Å². The number of methoxy groups -OCH3 is 1. The first-order valence-electron chi connectivity index (χ1n) is 11.4. The third-order valence-corrected chi connectivity index (χ3v) is 6.68. The summed E-state index contributed by atoms with van der Waals surface area (Å²) in [5, 5.41) is 2.67. The SMILES string of the molecule is CCn1c2ccccc2c2cc(C[NH+]3CCN(C(=O)c4cccc(OC)c4)CC3)ccc21. The van der Waals surface area contributed by atoms with Gasteiger partial charge in [-0.3, -0.25) is 4.79 Å². The molecule has 3 aromatic carbocycles. The molecule has 1 aliphatic rings. The molecule has 0 saturated carbocycles. The number of nitrogens with zero attached hydrogens (tertiary/aromatic N) is 2. The highest BCUT2D eigenvalue weighted by Gasteiger charge is 2.25. The number of quaternary nitrogens is 1. The van der Waals surface area contributed by atoms with Gasteiger partial charge in [0.2, 0.25) is 0 Å². The molecule has 0 spiro atoms. The summed E-state index contributed by atoms with van der Waals surface area (Å²) in [4.78, 5) is 16.4. The quantitative estimate of drug-likeness (QED) is 0.529. The maximum atomic E-state index is 12.9. The second-order valence-electron chi connectivity index (χ2n) is 8.56. The van der Waals surface area contributed by atoms with E-state index in [0.29, 0.717) is 5.56 Å². The van der Waals surface area contributed by atoms with Gasteiger partial charge in [-0.25, -0.2) is 0 Å². The van der Waals surface area contributed by atoms with Gasteiger partial charge in [-0.15, -0.1) is 0 Å². The highest BCUT2D eigenvalue weighted by molar-refractivity contribution is 6.08. The Labute approximate surface area is 188 Å². The number of amides is 1. The molecule has 5 rings (SSSR count). The van der Waals surface area contributed by atoms with Gasteiger partial charge in [0.1, 0.15) is 12.3 Å². The van der Waals surface area contributed by atoms with E-state index in [1.54, 1.807) is 7.11 Å². The molecule has 4 aromatic rings. The van der Waals surface area contributed by atoms with Crippen molar-refractivity contribution in [3.8, 4) is 5.75 Å². The van der Waals surface area contributed by atoms with Crippen molar-refractivity contribution in [2.45, 2.75) is 20.0 Å². The van der Waals surface area contributed by atoms with Crippen LogP contribution in [0.15, 0.2) is 66.7 Å². The third-order valence-electron chi connectivity index (χ3n) is 6.68. The van der Waals surface area contributed by atoms with Crippen LogP contribution in [0.2, 0.25) is 0 Å². The van der Waals surface area contributed by atoms with Crippen LogP contribution in [0, 0.1) is 0 Å². The van der Waals surface area contributed by atoms with E-state index in [1.807, 2.05) is 29.2 Å². The van der Waals surface area contributed by atoms with Gasteiger partial charge in [-0.1, -0.05) is 30.3 Å². The number of carbonyl (C=O) groups is 1. The Balaban J connectivity index is 1.29. The Morgan fingerprint density at radius 3 is 2.50 bits per heavy atom. The fourth-order valence-electron chi connectivity index (χ4n) is 4.98. The van der Waals surface area contributed by atoms with Gasteiger partial charge in [-0.05, 0) is 43.3 Å². The minimum absolute atomic E-state index is 0.0942. The molecular formula is C27H30N3O2+. The maximum absolute atomic E-state index is 12.9. The number of benzene rings is 3. The molecule has 0 atom stereocenters. The molecule has 0 radical (unpaired) electrons. The number of nitrogens with one attached hydrogen (secondary N) is 1. The lowest BCUT2D eigenvalue weighted by atomic mass is 10.1. The summed E-state index contributed by atoms with van der Waals surface area (Å²) in [6, 6.07) is 23.0. The van der Waals surface area contributed by atoms with Gasteiger partial charge in [0.15, 0.2) is 0 Å². The summed E-state index contributed by atoms with van der Waals surface area (Å²) in [5.41, 5.74) is 4.67. The third kappa shape index (κ3) is 3.73. The van der Waals surface area contributed by atoms with Crippen LogP contribution in [0.25, 0.3) is 21.8 Å². The topological polar surface area (TPSA) is 38.9 Å². The van der Waals surface area contributed by atoms with Gasteiger partial charge in [0.25, 0.3) is 5.91 Å². The molecule has 1 aromatic heterocycles. The molecule has 2 heterocycles. The van der Waals surface area contributed by atoms with Crippen LogP contribution >= 0.6 is 0 Å². The number of hydrogen-bond acceptors (Lipinski definition) is 2. The summed E-state index contributed by atoms with van der Waals surface area (Å²) in [5.74, 6) is 0.816. The summed E-state index contributed by atoms with van der Waals surface area (Å²) in [7, 11) is 1.63. The molecule has 0 unspecified atom stereocenters. The number of aryl methyl sites for hydroxylation is 1. The highest BCUT2D eigenvalue weighted by atomic mass is 16.5. The van der Waals surface area contributed by atoms with E-state index in [9.17, 15) is 4.79 Å². The van der Waals surface area contributed by atoms with E-state index < -0.39 is 0 Å². The summed E-state index contributed by atoms with van der Waals surface area (Å²) in [6.07, 6.45) is 0. The van der Waals surface area contributed by atoms with E-state index >= 15 is 0 Å². The molecule has 1 aliphatic heterocycles. The number of hydrogen-bond donors (Lipinski definition) is 1. The van der Waals surface area contributed by atoms with Gasteiger partial charge >= 0.3 is 0 Å². The van der Waals surface area contributed by atoms with Crippen molar-refractivity contribution in [2.24, 2.45) is 0 Å². The van der Waals surface area contributed by atoms with E-state index in [1.165, 1.54) is 32.3 Å². The molecule has 5 nitrogen and oxygen atoms in total. The Bertz CT molecular complexity index is 1270. The van der Waals surface area contributed by atoms with Crippen LogP contribution in [0.3, 0.4) is 0 Å². The van der Waals surface area contributed by atoms with Crippen LogP contribution in [0.4, 0.5) is 0 Å². The number of fused-ring (bicyclic) bond motifs is 3. The zero-order valence-corrected chi connectivity index (χ0v) is 18.8. The van der Waals surface area contributed by atoms with Crippen LogP contribution in [-0.2, 0) is 13.1 Å². The largest absolute Gasteiger partial charge is 0.497 e. The zero-order chi connectivity index (χ0) is 22.1. The monoisotopic (exact) mass is 428 g/mol. The van der Waals surface area contributed by atoms with E-state index in [0.717, 1.165) is 45.0 Å². The Morgan fingerprint density at radius 1 is 0.938 bits per heavy atom.